The first-order chi connectivity index (χ1) is 14.7. The van der Waals surface area contributed by atoms with Crippen LogP contribution in [0.2, 0.25) is 0 Å². The average Bonchev–Trinajstić information content (AvgIpc) is 2.98. The molecule has 0 aliphatic carbocycles. The number of nitro groups is 1. The average molecular weight is 423 g/mol. The molecule has 8 heteroatoms. The summed E-state index contributed by atoms with van der Waals surface area (Å²) in [6.07, 6.45) is 0.607. The third-order valence-corrected chi connectivity index (χ3v) is 5.27. The van der Waals surface area contributed by atoms with Crippen molar-refractivity contribution >= 4 is 23.1 Å². The molecule has 2 aromatic carbocycles. The molecule has 0 radical (unpaired) electrons. The van der Waals surface area contributed by atoms with Gasteiger partial charge >= 0.3 is 0 Å². The molecule has 0 saturated carbocycles. The number of aliphatic hydroxyl groups excluding tert-OH is 1. The van der Waals surface area contributed by atoms with Crippen LogP contribution >= 0.6 is 0 Å². The Hall–Kier alpha value is -3.52. The Morgan fingerprint density at radius 1 is 1.16 bits per heavy atom. The molecule has 0 unspecified atom stereocenters. The topological polar surface area (TPSA) is 104 Å². The van der Waals surface area contributed by atoms with Gasteiger partial charge < -0.3 is 14.9 Å². The number of carbonyl (C=O) groups is 2. The molecule has 2 aromatic rings. The molecule has 162 valence electrons. The quantitative estimate of drug-likeness (QED) is 0.241. The molecule has 1 N–H and O–H groups in total. The molecular formula is C23H25N3O5. The highest BCUT2D eigenvalue weighted by Crippen LogP contribution is 2.40. The predicted octanol–water partition coefficient (Wildman–Crippen LogP) is 3.28. The summed E-state index contributed by atoms with van der Waals surface area (Å²) >= 11 is 0. The predicted molar refractivity (Wildman–Crippen MR) is 116 cm³/mol. The van der Waals surface area contributed by atoms with Crippen LogP contribution in [-0.2, 0) is 9.59 Å². The Morgan fingerprint density at radius 2 is 1.84 bits per heavy atom. The maximum Gasteiger partial charge on any atom is 0.295 e. The molecule has 1 atom stereocenters. The van der Waals surface area contributed by atoms with Gasteiger partial charge in [0.15, 0.2) is 0 Å². The van der Waals surface area contributed by atoms with Crippen molar-refractivity contribution in [2.45, 2.75) is 19.4 Å². The van der Waals surface area contributed by atoms with E-state index in [2.05, 4.69) is 0 Å². The molecule has 0 aromatic heterocycles. The van der Waals surface area contributed by atoms with Gasteiger partial charge in [-0.2, -0.15) is 0 Å². The zero-order chi connectivity index (χ0) is 22.7. The highest BCUT2D eigenvalue weighted by Gasteiger charge is 2.46. The van der Waals surface area contributed by atoms with Gasteiger partial charge in [-0.1, -0.05) is 42.0 Å². The zero-order valence-corrected chi connectivity index (χ0v) is 17.7. The minimum absolute atomic E-state index is 0.0563. The number of aliphatic hydroxyl groups is 1. The van der Waals surface area contributed by atoms with Crippen molar-refractivity contribution in [3.05, 3.63) is 80.9 Å². The second kappa shape index (κ2) is 9.09. The number of rotatable bonds is 7. The maximum atomic E-state index is 12.9. The highest BCUT2D eigenvalue weighted by molar-refractivity contribution is 6.46. The summed E-state index contributed by atoms with van der Waals surface area (Å²) < 4.78 is 0. The fourth-order valence-corrected chi connectivity index (χ4v) is 3.69. The molecule has 1 aliphatic rings. The number of aryl methyl sites for hydroxylation is 1. The van der Waals surface area contributed by atoms with Crippen LogP contribution in [0.1, 0.15) is 29.2 Å². The van der Waals surface area contributed by atoms with Crippen molar-refractivity contribution in [1.82, 2.24) is 9.80 Å². The molecule has 1 heterocycles. The van der Waals surface area contributed by atoms with E-state index in [1.165, 1.54) is 23.1 Å². The minimum Gasteiger partial charge on any atom is -0.507 e. The number of nitro benzene ring substituents is 1. The first-order valence-corrected chi connectivity index (χ1v) is 9.95. The van der Waals surface area contributed by atoms with Crippen molar-refractivity contribution in [2.75, 3.05) is 27.2 Å². The summed E-state index contributed by atoms with van der Waals surface area (Å²) in [6.45, 7) is 2.88. The lowest BCUT2D eigenvalue weighted by molar-refractivity contribution is -0.384. The number of benzene rings is 2. The van der Waals surface area contributed by atoms with Crippen LogP contribution in [0.15, 0.2) is 54.1 Å². The van der Waals surface area contributed by atoms with Crippen LogP contribution in [0.4, 0.5) is 5.69 Å². The van der Waals surface area contributed by atoms with Crippen molar-refractivity contribution in [2.24, 2.45) is 0 Å². The van der Waals surface area contributed by atoms with Crippen molar-refractivity contribution in [3.63, 3.8) is 0 Å². The molecule has 1 aliphatic heterocycles. The summed E-state index contributed by atoms with van der Waals surface area (Å²) in [4.78, 5) is 39.9. The van der Waals surface area contributed by atoms with Gasteiger partial charge in [0.1, 0.15) is 5.76 Å². The molecule has 0 spiro atoms. The van der Waals surface area contributed by atoms with Gasteiger partial charge in [0, 0.05) is 24.2 Å². The van der Waals surface area contributed by atoms with Crippen LogP contribution in [0.5, 0.6) is 0 Å². The first-order valence-electron chi connectivity index (χ1n) is 9.95. The second-order valence-corrected chi connectivity index (χ2v) is 7.87. The summed E-state index contributed by atoms with van der Waals surface area (Å²) in [5.41, 5.74) is 1.60. The Balaban J connectivity index is 2.13. The zero-order valence-electron chi connectivity index (χ0n) is 17.7. The normalized spacial score (nSPS) is 18.1. The van der Waals surface area contributed by atoms with Gasteiger partial charge in [0.05, 0.1) is 16.5 Å². The van der Waals surface area contributed by atoms with E-state index in [1.807, 2.05) is 25.9 Å². The van der Waals surface area contributed by atoms with E-state index in [1.54, 1.807) is 30.3 Å². The summed E-state index contributed by atoms with van der Waals surface area (Å²) in [7, 11) is 3.81. The van der Waals surface area contributed by atoms with Crippen LogP contribution < -0.4 is 0 Å². The van der Waals surface area contributed by atoms with E-state index < -0.39 is 22.7 Å². The standard InChI is InChI=1S/C23H25N3O5/c1-15-8-10-16(11-9-15)21(27)19-20(17-6-4-7-18(14-17)26(30)31)25(23(29)22(19)28)13-5-12-24(2)3/h4,6-11,14,20,27H,5,12-13H2,1-3H3/b21-19+/t20-/m1/s1. The SMILES string of the molecule is Cc1ccc(/C(O)=C2\C(=O)C(=O)N(CCCN(C)C)[C@@H]2c2cccc([N+](=O)[O-])c2)cc1. The summed E-state index contributed by atoms with van der Waals surface area (Å²) in [5, 5.41) is 22.3. The number of hydrogen-bond donors (Lipinski definition) is 1. The molecule has 1 saturated heterocycles. The largest absolute Gasteiger partial charge is 0.507 e. The molecule has 31 heavy (non-hydrogen) atoms. The van der Waals surface area contributed by atoms with Gasteiger partial charge in [0.2, 0.25) is 0 Å². The fraction of sp³-hybridized carbons (Fsp3) is 0.304. The number of hydrogen-bond acceptors (Lipinski definition) is 6. The van der Waals surface area contributed by atoms with Crippen LogP contribution in [-0.4, -0.2) is 58.7 Å². The molecule has 8 nitrogen and oxygen atoms in total. The van der Waals surface area contributed by atoms with Gasteiger partial charge in [-0.3, -0.25) is 19.7 Å². The van der Waals surface area contributed by atoms with Crippen molar-refractivity contribution in [3.8, 4) is 0 Å². The molecule has 1 fully saturated rings. The van der Waals surface area contributed by atoms with Gasteiger partial charge in [0.25, 0.3) is 17.4 Å². The maximum absolute atomic E-state index is 12.9. The van der Waals surface area contributed by atoms with Crippen molar-refractivity contribution < 1.29 is 19.6 Å². The van der Waals surface area contributed by atoms with Crippen LogP contribution in [0.3, 0.4) is 0 Å². The lowest BCUT2D eigenvalue weighted by Gasteiger charge is -2.25. The molecule has 3 rings (SSSR count). The van der Waals surface area contributed by atoms with E-state index in [0.29, 0.717) is 24.1 Å². The van der Waals surface area contributed by atoms with E-state index in [0.717, 1.165) is 5.56 Å². The van der Waals surface area contributed by atoms with Crippen LogP contribution in [0, 0.1) is 17.0 Å². The third kappa shape index (κ3) is 4.64. The van der Waals surface area contributed by atoms with Crippen LogP contribution in [0.25, 0.3) is 5.76 Å². The number of nitrogens with zero attached hydrogens (tertiary/aromatic N) is 3. The van der Waals surface area contributed by atoms with Crippen molar-refractivity contribution in [1.29, 1.82) is 0 Å². The van der Waals surface area contributed by atoms with E-state index in [-0.39, 0.29) is 23.6 Å². The van der Waals surface area contributed by atoms with Gasteiger partial charge in [-0.05, 0) is 39.5 Å². The Labute approximate surface area is 180 Å². The number of carbonyl (C=O) groups excluding carboxylic acids is 2. The number of ketones is 1. The molecular weight excluding hydrogens is 398 g/mol. The Bertz CT molecular complexity index is 1040. The van der Waals surface area contributed by atoms with E-state index in [9.17, 15) is 24.8 Å². The second-order valence-electron chi connectivity index (χ2n) is 7.87. The Kier molecular flexibility index (Phi) is 6.50. The minimum atomic E-state index is -0.900. The third-order valence-electron chi connectivity index (χ3n) is 5.27. The number of amides is 1. The number of likely N-dealkylation sites (tertiary alicyclic amines) is 1. The lowest BCUT2D eigenvalue weighted by atomic mass is 9.94. The monoisotopic (exact) mass is 423 g/mol. The highest BCUT2D eigenvalue weighted by atomic mass is 16.6. The number of Topliss-reactive ketones (excluding diaryl/α,β-unsaturated/α-hetero) is 1. The number of non-ortho nitro benzene ring substituents is 1. The summed E-state index contributed by atoms with van der Waals surface area (Å²) in [5.74, 6) is -1.80. The molecule has 0 bridgehead atoms. The van der Waals surface area contributed by atoms with E-state index >= 15 is 0 Å². The van der Waals surface area contributed by atoms with Gasteiger partial charge in [-0.25, -0.2) is 0 Å². The van der Waals surface area contributed by atoms with Gasteiger partial charge in [-0.15, -0.1) is 0 Å². The molecule has 1 amide bonds. The lowest BCUT2D eigenvalue weighted by Crippen LogP contribution is -2.32. The fourth-order valence-electron chi connectivity index (χ4n) is 3.69. The summed E-state index contributed by atoms with van der Waals surface area (Å²) in [6, 6.07) is 11.9. The first kappa shape index (κ1) is 22.2. The Morgan fingerprint density at radius 3 is 2.45 bits per heavy atom. The van der Waals surface area contributed by atoms with E-state index in [4.69, 9.17) is 0 Å². The smallest absolute Gasteiger partial charge is 0.295 e.